The van der Waals surface area contributed by atoms with Gasteiger partial charge in [0.1, 0.15) is 5.82 Å². The second-order valence-electron chi connectivity index (χ2n) is 9.20. The molecular weight excluding hydrogens is 515 g/mol. The van der Waals surface area contributed by atoms with E-state index in [2.05, 4.69) is 12.2 Å². The first-order valence-corrected chi connectivity index (χ1v) is 12.7. The number of fused-ring (bicyclic) bond motifs is 3. The first-order chi connectivity index (χ1) is 18.2. The Bertz CT molecular complexity index is 1730. The second kappa shape index (κ2) is 10.5. The van der Waals surface area contributed by atoms with Crippen LogP contribution >= 0.6 is 11.6 Å². The van der Waals surface area contributed by atoms with Gasteiger partial charge in [-0.25, -0.2) is 18.8 Å². The minimum atomic E-state index is -0.827. The van der Waals surface area contributed by atoms with Crippen LogP contribution in [0, 0.1) is 5.82 Å². The van der Waals surface area contributed by atoms with E-state index in [1.807, 2.05) is 29.0 Å². The van der Waals surface area contributed by atoms with E-state index < -0.39 is 23.0 Å². The Hall–Kier alpha value is -3.89. The van der Waals surface area contributed by atoms with Crippen molar-refractivity contribution in [2.75, 3.05) is 6.54 Å². The average molecular weight is 541 g/mol. The summed E-state index contributed by atoms with van der Waals surface area (Å²) in [5.74, 6) is -0.307. The normalized spacial score (nSPS) is 14.0. The highest BCUT2D eigenvalue weighted by Gasteiger charge is 2.21. The summed E-state index contributed by atoms with van der Waals surface area (Å²) in [5, 5.41) is 4.88. The zero-order valence-corrected chi connectivity index (χ0v) is 21.6. The van der Waals surface area contributed by atoms with E-state index >= 15 is 0 Å². The highest BCUT2D eigenvalue weighted by molar-refractivity contribution is 6.31. The molecule has 5 rings (SSSR count). The molecule has 4 aromatic rings. The van der Waals surface area contributed by atoms with Crippen molar-refractivity contribution in [3.63, 3.8) is 0 Å². The zero-order valence-electron chi connectivity index (χ0n) is 20.8. The molecule has 0 amide bonds. The molecule has 1 N–H and O–H groups in total. The van der Waals surface area contributed by atoms with Gasteiger partial charge in [0.25, 0.3) is 0 Å². The van der Waals surface area contributed by atoms with Crippen LogP contribution in [0.1, 0.15) is 43.4 Å². The first kappa shape index (κ1) is 25.7. The SMILES string of the molecule is CCC(CNC(C)c1cc(=O)on2c(=O)n(oc1=O)CC2)c1cn(-c2ccc(F)cc2)c2ccc(Cl)cc12. The Labute approximate surface area is 220 Å². The Morgan fingerprint density at radius 1 is 1.00 bits per heavy atom. The molecule has 0 saturated heterocycles. The number of hydrogen-bond acceptors (Lipinski definition) is 6. The van der Waals surface area contributed by atoms with Crippen LogP contribution in [-0.4, -0.2) is 20.6 Å². The Morgan fingerprint density at radius 3 is 2.42 bits per heavy atom. The molecule has 3 heterocycles. The number of rotatable bonds is 7. The van der Waals surface area contributed by atoms with Gasteiger partial charge in [-0.2, -0.15) is 0 Å². The molecule has 2 aromatic carbocycles. The molecule has 2 unspecified atom stereocenters. The van der Waals surface area contributed by atoms with Gasteiger partial charge >= 0.3 is 16.9 Å². The second-order valence-corrected chi connectivity index (χ2v) is 9.64. The minimum Gasteiger partial charge on any atom is -0.332 e. The minimum absolute atomic E-state index is 0.00692. The van der Waals surface area contributed by atoms with Crippen LogP contribution in [0.4, 0.5) is 4.39 Å². The van der Waals surface area contributed by atoms with Gasteiger partial charge in [-0.15, -0.1) is 9.48 Å². The molecule has 0 spiro atoms. The number of aromatic nitrogens is 3. The van der Waals surface area contributed by atoms with E-state index in [4.69, 9.17) is 20.6 Å². The Balaban J connectivity index is 1.49. The first-order valence-electron chi connectivity index (χ1n) is 12.3. The zero-order chi connectivity index (χ0) is 27.0. The maximum Gasteiger partial charge on any atom is 0.386 e. The summed E-state index contributed by atoms with van der Waals surface area (Å²) in [6.07, 6.45) is 2.78. The van der Waals surface area contributed by atoms with E-state index in [1.54, 1.807) is 19.1 Å². The predicted octanol–water partition coefficient (Wildman–Crippen LogP) is 4.28. The third-order valence-corrected chi connectivity index (χ3v) is 7.04. The van der Waals surface area contributed by atoms with Crippen LogP contribution in [0.15, 0.2) is 78.2 Å². The van der Waals surface area contributed by atoms with E-state index in [1.165, 1.54) is 12.1 Å². The molecule has 2 atom stereocenters. The lowest BCUT2D eigenvalue weighted by Crippen LogP contribution is -2.28. The lowest BCUT2D eigenvalue weighted by atomic mass is 9.95. The van der Waals surface area contributed by atoms with Crippen molar-refractivity contribution in [2.45, 2.75) is 45.3 Å². The van der Waals surface area contributed by atoms with Crippen LogP contribution in [0.5, 0.6) is 0 Å². The summed E-state index contributed by atoms with van der Waals surface area (Å²) in [6.45, 7) is 4.46. The molecule has 0 radical (unpaired) electrons. The van der Waals surface area contributed by atoms with Crippen molar-refractivity contribution < 1.29 is 13.4 Å². The van der Waals surface area contributed by atoms with Gasteiger partial charge in [0.05, 0.1) is 24.2 Å². The van der Waals surface area contributed by atoms with Gasteiger partial charge in [0, 0.05) is 40.9 Å². The number of benzene rings is 2. The predicted molar refractivity (Wildman–Crippen MR) is 141 cm³/mol. The highest BCUT2D eigenvalue weighted by atomic mass is 35.5. The van der Waals surface area contributed by atoms with Crippen molar-refractivity contribution in [2.24, 2.45) is 0 Å². The molecular formula is C27H26ClFN4O5. The number of aryl methyl sites for hydroxylation is 2. The summed E-state index contributed by atoms with van der Waals surface area (Å²) in [6, 6.07) is 12.4. The van der Waals surface area contributed by atoms with Gasteiger partial charge in [-0.05, 0) is 67.3 Å². The Morgan fingerprint density at radius 2 is 1.71 bits per heavy atom. The molecule has 2 bridgehead atoms. The molecule has 0 fully saturated rings. The molecule has 11 heteroatoms. The lowest BCUT2D eigenvalue weighted by molar-refractivity contribution is 0.233. The summed E-state index contributed by atoms with van der Waals surface area (Å²) >= 11 is 6.34. The molecule has 0 aliphatic carbocycles. The number of nitrogens with one attached hydrogen (secondary N) is 1. The molecule has 0 saturated carbocycles. The van der Waals surface area contributed by atoms with E-state index in [0.717, 1.165) is 44.1 Å². The van der Waals surface area contributed by atoms with Crippen LogP contribution in [0.25, 0.3) is 16.6 Å². The standard InChI is InChI=1S/C27H26ClFN4O5/c1-3-17(14-30-16(2)21-13-25(34)37-32-10-11-33(27(32)36)38-26(21)35)23-15-31(20-7-5-19(29)6-8-20)24-9-4-18(28)12-22(23)24/h4-9,12-13,15-17,30H,3,10-11,14H2,1-2H3. The maximum absolute atomic E-state index is 13.5. The number of hydrogen-bond donors (Lipinski definition) is 1. The Kier molecular flexibility index (Phi) is 7.09. The molecule has 38 heavy (non-hydrogen) atoms. The molecule has 198 valence electrons. The number of nitrogens with zero attached hydrogens (tertiary/aromatic N) is 3. The van der Waals surface area contributed by atoms with Gasteiger partial charge in [0.2, 0.25) is 0 Å². The van der Waals surface area contributed by atoms with Crippen LogP contribution in [0.2, 0.25) is 5.02 Å². The van der Waals surface area contributed by atoms with Gasteiger partial charge < -0.3 is 18.9 Å². The fraction of sp³-hybridized carbons (Fsp3) is 0.296. The molecule has 1 aliphatic heterocycles. The third kappa shape index (κ3) is 4.97. The van der Waals surface area contributed by atoms with Crippen LogP contribution in [-0.2, 0) is 13.1 Å². The monoisotopic (exact) mass is 540 g/mol. The van der Waals surface area contributed by atoms with Crippen molar-refractivity contribution >= 4 is 22.5 Å². The highest BCUT2D eigenvalue weighted by Crippen LogP contribution is 2.33. The van der Waals surface area contributed by atoms with E-state index in [-0.39, 0.29) is 30.4 Å². The van der Waals surface area contributed by atoms with Gasteiger partial charge in [-0.1, -0.05) is 18.5 Å². The largest absolute Gasteiger partial charge is 0.386 e. The molecule has 2 aromatic heterocycles. The van der Waals surface area contributed by atoms with E-state index in [0.29, 0.717) is 11.6 Å². The van der Waals surface area contributed by atoms with Gasteiger partial charge in [0.15, 0.2) is 0 Å². The molecule has 9 nitrogen and oxygen atoms in total. The summed E-state index contributed by atoms with van der Waals surface area (Å²) < 4.78 is 27.6. The molecule has 1 aliphatic rings. The third-order valence-electron chi connectivity index (χ3n) is 6.81. The topological polar surface area (TPSA) is 104 Å². The van der Waals surface area contributed by atoms with Gasteiger partial charge in [-0.3, -0.25) is 0 Å². The fourth-order valence-electron chi connectivity index (χ4n) is 4.71. The van der Waals surface area contributed by atoms with Crippen LogP contribution in [0.3, 0.4) is 0 Å². The quantitative estimate of drug-likeness (QED) is 0.375. The fourth-order valence-corrected chi connectivity index (χ4v) is 4.89. The van der Waals surface area contributed by atoms with Crippen molar-refractivity contribution in [1.29, 1.82) is 0 Å². The number of halogens is 2. The summed E-state index contributed by atoms with van der Waals surface area (Å²) in [4.78, 5) is 37.3. The van der Waals surface area contributed by atoms with Crippen molar-refractivity contribution in [3.8, 4) is 5.69 Å². The van der Waals surface area contributed by atoms with Crippen molar-refractivity contribution in [3.05, 3.63) is 108 Å². The summed E-state index contributed by atoms with van der Waals surface area (Å²) in [5.41, 5.74) is 0.483. The van der Waals surface area contributed by atoms with E-state index in [9.17, 15) is 18.8 Å². The smallest absolute Gasteiger partial charge is 0.332 e. The lowest BCUT2D eigenvalue weighted by Gasteiger charge is -2.19. The van der Waals surface area contributed by atoms with Crippen LogP contribution < -0.4 is 22.3 Å². The summed E-state index contributed by atoms with van der Waals surface area (Å²) in [7, 11) is 0. The van der Waals surface area contributed by atoms with Crippen molar-refractivity contribution in [1.82, 2.24) is 19.4 Å². The average Bonchev–Trinajstić information content (AvgIpc) is 3.44. The maximum atomic E-state index is 13.5.